The molecular weight excluding hydrogens is 510 g/mol. The Morgan fingerprint density at radius 2 is 1.92 bits per heavy atom. The number of nitrogens with one attached hydrogen (secondary N) is 2. The molecule has 13 heteroatoms. The van der Waals surface area contributed by atoms with E-state index in [-0.39, 0.29) is 36.8 Å². The van der Waals surface area contributed by atoms with Gasteiger partial charge in [-0.05, 0) is 26.0 Å². The van der Waals surface area contributed by atoms with Gasteiger partial charge in [0, 0.05) is 62.7 Å². The van der Waals surface area contributed by atoms with Crippen molar-refractivity contribution < 1.29 is 32.3 Å². The molecule has 3 heterocycles. The number of aromatic amines is 1. The van der Waals surface area contributed by atoms with Crippen LogP contribution in [-0.4, -0.2) is 77.7 Å². The molecule has 0 unspecified atom stereocenters. The number of carbonyl (C=O) groups is 2. The summed E-state index contributed by atoms with van der Waals surface area (Å²) in [6.07, 6.45) is -1.83. The number of halogens is 4. The Kier molecular flexibility index (Phi) is 7.76. The molecule has 3 N–H and O–H groups in total. The highest BCUT2D eigenvalue weighted by molar-refractivity contribution is 6.07. The number of carbonyl (C=O) groups excluding carboxylic acids is 1. The van der Waals surface area contributed by atoms with Crippen LogP contribution in [0.5, 0.6) is 0 Å². The van der Waals surface area contributed by atoms with Gasteiger partial charge in [0.2, 0.25) is 5.56 Å². The normalized spacial score (nSPS) is 18.5. The monoisotopic (exact) mass is 537 g/mol. The Bertz CT molecular complexity index is 1350. The van der Waals surface area contributed by atoms with Crippen molar-refractivity contribution in [3.63, 3.8) is 0 Å². The van der Waals surface area contributed by atoms with Gasteiger partial charge in [0.25, 0.3) is 12.3 Å². The van der Waals surface area contributed by atoms with Crippen LogP contribution >= 0.6 is 0 Å². The molecule has 1 fully saturated rings. The van der Waals surface area contributed by atoms with Crippen LogP contribution in [0.2, 0.25) is 0 Å². The average Bonchev–Trinajstić information content (AvgIpc) is 2.87. The van der Waals surface area contributed by atoms with E-state index in [1.807, 2.05) is 14.0 Å². The van der Waals surface area contributed by atoms with E-state index in [2.05, 4.69) is 15.2 Å². The zero-order valence-corrected chi connectivity index (χ0v) is 20.7. The van der Waals surface area contributed by atoms with Crippen LogP contribution in [0.15, 0.2) is 29.2 Å². The van der Waals surface area contributed by atoms with E-state index in [1.165, 1.54) is 6.08 Å². The van der Waals surface area contributed by atoms with Crippen LogP contribution in [0.25, 0.3) is 5.57 Å². The van der Waals surface area contributed by atoms with Crippen LogP contribution < -0.4 is 15.8 Å². The summed E-state index contributed by atoms with van der Waals surface area (Å²) in [7, 11) is 1.90. The van der Waals surface area contributed by atoms with Gasteiger partial charge in [-0.3, -0.25) is 9.59 Å². The van der Waals surface area contributed by atoms with Crippen molar-refractivity contribution in [2.24, 2.45) is 0 Å². The third kappa shape index (κ3) is 5.37. The number of alkyl halides is 2. The van der Waals surface area contributed by atoms with Crippen molar-refractivity contribution in [2.45, 2.75) is 25.8 Å². The first-order valence-electron chi connectivity index (χ1n) is 11.9. The van der Waals surface area contributed by atoms with E-state index in [0.29, 0.717) is 25.7 Å². The fraction of sp³-hybridized carbons (Fsp3) is 0.400. The summed E-state index contributed by atoms with van der Waals surface area (Å²) in [6, 6.07) is 1.66. The first kappa shape index (κ1) is 27.2. The molecule has 38 heavy (non-hydrogen) atoms. The molecule has 0 radical (unpaired) electrons. The number of carboxylic acid groups (broad SMARTS) is 1. The highest BCUT2D eigenvalue weighted by atomic mass is 19.3. The molecule has 2 aliphatic rings. The van der Waals surface area contributed by atoms with Crippen molar-refractivity contribution in [1.29, 1.82) is 0 Å². The second kappa shape index (κ2) is 10.9. The number of anilines is 2. The van der Waals surface area contributed by atoms with Crippen molar-refractivity contribution in [3.05, 3.63) is 63.1 Å². The Labute approximate surface area is 215 Å². The Morgan fingerprint density at radius 1 is 1.18 bits per heavy atom. The molecular formula is C25H27F4N5O4. The molecule has 2 amide bonds. The number of hydrogen-bond donors (Lipinski definition) is 3. The Morgan fingerprint density at radius 3 is 2.58 bits per heavy atom. The molecule has 0 aliphatic carbocycles. The van der Waals surface area contributed by atoms with E-state index in [1.54, 1.807) is 4.90 Å². The van der Waals surface area contributed by atoms with Crippen molar-refractivity contribution in [3.8, 4) is 0 Å². The SMILES string of the molecule is C[C@H]1CN(c2cc(F)c(C3=CCCN(C(=O)O)C3)c(F)c2NC(=O)c2c[nH]c(=O)cc2C(F)F)CCN1C. The number of pyridine rings is 1. The number of H-pyrrole nitrogens is 1. The van der Waals surface area contributed by atoms with Crippen LogP contribution in [0.3, 0.4) is 0 Å². The first-order chi connectivity index (χ1) is 18.0. The lowest BCUT2D eigenvalue weighted by Gasteiger charge is -2.40. The van der Waals surface area contributed by atoms with Gasteiger partial charge in [-0.2, -0.15) is 0 Å². The minimum atomic E-state index is -3.15. The van der Waals surface area contributed by atoms with E-state index in [0.717, 1.165) is 17.2 Å². The van der Waals surface area contributed by atoms with Crippen LogP contribution in [0, 0.1) is 11.6 Å². The van der Waals surface area contributed by atoms with Crippen molar-refractivity contribution >= 4 is 28.9 Å². The number of likely N-dealkylation sites (N-methyl/N-ethyl adjacent to an activating group) is 1. The van der Waals surface area contributed by atoms with Crippen LogP contribution in [0.1, 0.15) is 41.3 Å². The molecule has 9 nitrogen and oxygen atoms in total. The number of hydrogen-bond acceptors (Lipinski definition) is 5. The van der Waals surface area contributed by atoms with Gasteiger partial charge in [0.05, 0.1) is 16.8 Å². The molecule has 204 valence electrons. The Balaban J connectivity index is 1.82. The maximum absolute atomic E-state index is 16.1. The molecule has 4 rings (SSSR count). The predicted octanol–water partition coefficient (Wildman–Crippen LogP) is 3.75. The largest absolute Gasteiger partial charge is 0.465 e. The second-order valence-electron chi connectivity index (χ2n) is 9.36. The molecule has 2 aliphatic heterocycles. The fourth-order valence-electron chi connectivity index (χ4n) is 4.67. The fourth-order valence-corrected chi connectivity index (χ4v) is 4.67. The summed E-state index contributed by atoms with van der Waals surface area (Å²) < 4.78 is 58.7. The maximum Gasteiger partial charge on any atom is 0.407 e. The van der Waals surface area contributed by atoms with Gasteiger partial charge in [-0.15, -0.1) is 0 Å². The third-order valence-electron chi connectivity index (χ3n) is 6.91. The number of amides is 2. The minimum Gasteiger partial charge on any atom is -0.465 e. The summed E-state index contributed by atoms with van der Waals surface area (Å²) >= 11 is 0. The second-order valence-corrected chi connectivity index (χ2v) is 9.36. The van der Waals surface area contributed by atoms with Gasteiger partial charge in [0.15, 0.2) is 5.82 Å². The van der Waals surface area contributed by atoms with E-state index < -0.39 is 58.0 Å². The lowest BCUT2D eigenvalue weighted by Crippen LogP contribution is -2.50. The first-order valence-corrected chi connectivity index (χ1v) is 11.9. The Hall–Kier alpha value is -3.87. The lowest BCUT2D eigenvalue weighted by atomic mass is 9.97. The summed E-state index contributed by atoms with van der Waals surface area (Å²) in [5.74, 6) is -3.22. The molecule has 0 saturated carbocycles. The van der Waals surface area contributed by atoms with Crippen LogP contribution in [0.4, 0.5) is 33.7 Å². The third-order valence-corrected chi connectivity index (χ3v) is 6.91. The number of piperazine rings is 1. The van der Waals surface area contributed by atoms with Gasteiger partial charge < -0.3 is 30.1 Å². The van der Waals surface area contributed by atoms with Crippen LogP contribution in [-0.2, 0) is 0 Å². The minimum absolute atomic E-state index is 0.00733. The van der Waals surface area contributed by atoms with Gasteiger partial charge in [-0.1, -0.05) is 6.08 Å². The lowest BCUT2D eigenvalue weighted by molar-refractivity contribution is 0.101. The van der Waals surface area contributed by atoms with Crippen molar-refractivity contribution in [2.75, 3.05) is 50.0 Å². The summed E-state index contributed by atoms with van der Waals surface area (Å²) in [4.78, 5) is 43.0. The van der Waals surface area contributed by atoms with Crippen molar-refractivity contribution in [1.82, 2.24) is 14.8 Å². The number of aromatic nitrogens is 1. The number of rotatable bonds is 5. The van der Waals surface area contributed by atoms with E-state index in [9.17, 15) is 28.3 Å². The number of benzene rings is 1. The molecule has 1 saturated heterocycles. The topological polar surface area (TPSA) is 109 Å². The zero-order chi connectivity index (χ0) is 27.7. The van der Waals surface area contributed by atoms with Gasteiger partial charge in [-0.25, -0.2) is 22.4 Å². The van der Waals surface area contributed by atoms with Gasteiger partial charge >= 0.3 is 6.09 Å². The maximum atomic E-state index is 16.1. The smallest absolute Gasteiger partial charge is 0.407 e. The van der Waals surface area contributed by atoms with E-state index >= 15 is 8.78 Å². The summed E-state index contributed by atoms with van der Waals surface area (Å²) in [5, 5.41) is 11.7. The standard InChI is InChI=1S/C25H27F4N5O4/c1-13-11-33(7-6-32(13)2)18-9-17(26)20(14-4-3-5-34(12-14)25(37)38)21(27)22(18)31-24(36)16-10-30-19(35)8-15(16)23(28)29/h4,8-10,13,23H,3,5-7,11-12H2,1-2H3,(H,30,35)(H,31,36)(H,37,38)/t13-/m0/s1. The summed E-state index contributed by atoms with van der Waals surface area (Å²) in [5.41, 5.74) is -3.08. The molecule has 0 bridgehead atoms. The molecule has 1 aromatic carbocycles. The highest BCUT2D eigenvalue weighted by Gasteiger charge is 2.31. The van der Waals surface area contributed by atoms with Gasteiger partial charge in [0.1, 0.15) is 11.5 Å². The molecule has 0 spiro atoms. The molecule has 1 aromatic heterocycles. The number of nitrogens with zero attached hydrogens (tertiary/aromatic N) is 3. The zero-order valence-electron chi connectivity index (χ0n) is 20.7. The predicted molar refractivity (Wildman–Crippen MR) is 133 cm³/mol. The van der Waals surface area contributed by atoms with E-state index in [4.69, 9.17) is 0 Å². The quantitative estimate of drug-likeness (QED) is 0.502. The molecule has 1 atom stereocenters. The molecule has 2 aromatic rings. The average molecular weight is 538 g/mol. The highest BCUT2D eigenvalue weighted by Crippen LogP contribution is 2.38. The summed E-state index contributed by atoms with van der Waals surface area (Å²) in [6.45, 7) is 3.12.